The zero-order chi connectivity index (χ0) is 16.6. The van der Waals surface area contributed by atoms with Crippen molar-refractivity contribution in [3.63, 3.8) is 0 Å². The van der Waals surface area contributed by atoms with E-state index >= 15 is 0 Å². The first-order valence-electron chi connectivity index (χ1n) is 7.66. The molecule has 0 aliphatic carbocycles. The normalized spacial score (nSPS) is 19.9. The van der Waals surface area contributed by atoms with Crippen LogP contribution in [0.15, 0.2) is 12.4 Å². The van der Waals surface area contributed by atoms with Gasteiger partial charge in [0.15, 0.2) is 0 Å². The molecule has 8 heteroatoms. The molecule has 2 aromatic rings. The fraction of sp³-hybridized carbons (Fsp3) is 0.533. The Hall–Kier alpha value is -1.80. The Balaban J connectivity index is 2.01. The molecule has 0 amide bonds. The monoisotopic (exact) mass is 335 g/mol. The molecule has 1 atom stereocenters. The van der Waals surface area contributed by atoms with E-state index in [4.69, 9.17) is 0 Å². The van der Waals surface area contributed by atoms with Gasteiger partial charge in [0.25, 0.3) is 0 Å². The first kappa shape index (κ1) is 16.1. The molecule has 23 heavy (non-hydrogen) atoms. The summed E-state index contributed by atoms with van der Waals surface area (Å²) in [6.45, 7) is 4.92. The zero-order valence-electron chi connectivity index (χ0n) is 13.6. The standard InChI is InChI=1S/C15H21N5O2S/c1-10-13(11(2)19-18-10)15-14(16-6-7-17-15)12-5-4-8-20(9-12)23(3,21)22/h6-7,12H,4-5,8-9H2,1-3H3,(H,18,19). The molecule has 124 valence electrons. The van der Waals surface area contributed by atoms with Crippen LogP contribution in [0.1, 0.15) is 35.8 Å². The van der Waals surface area contributed by atoms with Crippen LogP contribution in [0.3, 0.4) is 0 Å². The quantitative estimate of drug-likeness (QED) is 0.920. The third-order valence-corrected chi connectivity index (χ3v) is 5.60. The molecule has 0 spiro atoms. The molecule has 3 heterocycles. The summed E-state index contributed by atoms with van der Waals surface area (Å²) in [7, 11) is -3.18. The first-order chi connectivity index (χ1) is 10.9. The van der Waals surface area contributed by atoms with Crippen molar-refractivity contribution < 1.29 is 8.42 Å². The minimum Gasteiger partial charge on any atom is -0.282 e. The van der Waals surface area contributed by atoms with Crippen LogP contribution >= 0.6 is 0 Å². The maximum absolute atomic E-state index is 11.9. The van der Waals surface area contributed by atoms with E-state index in [9.17, 15) is 8.42 Å². The number of sulfonamides is 1. The second-order valence-electron chi connectivity index (χ2n) is 6.06. The molecule has 1 aliphatic heterocycles. The second kappa shape index (κ2) is 6.01. The van der Waals surface area contributed by atoms with Crippen molar-refractivity contribution in [2.75, 3.05) is 19.3 Å². The number of aromatic amines is 1. The summed E-state index contributed by atoms with van der Waals surface area (Å²) < 4.78 is 25.3. The Morgan fingerprint density at radius 2 is 2.00 bits per heavy atom. The molecule has 0 radical (unpaired) electrons. The van der Waals surface area contributed by atoms with Gasteiger partial charge in [-0.25, -0.2) is 12.7 Å². The molecule has 1 unspecified atom stereocenters. The molecule has 0 saturated carbocycles. The fourth-order valence-corrected chi connectivity index (χ4v) is 4.12. The SMILES string of the molecule is Cc1n[nH]c(C)c1-c1nccnc1C1CCCN(S(C)(=O)=O)C1. The van der Waals surface area contributed by atoms with E-state index in [1.165, 1.54) is 10.6 Å². The van der Waals surface area contributed by atoms with Crippen molar-refractivity contribution in [2.24, 2.45) is 0 Å². The number of piperidine rings is 1. The van der Waals surface area contributed by atoms with Crippen LogP contribution in [0.25, 0.3) is 11.3 Å². The summed E-state index contributed by atoms with van der Waals surface area (Å²) in [5.74, 6) is 0.0517. The first-order valence-corrected chi connectivity index (χ1v) is 9.50. The average Bonchev–Trinajstić information content (AvgIpc) is 2.85. The van der Waals surface area contributed by atoms with Crippen molar-refractivity contribution >= 4 is 10.0 Å². The van der Waals surface area contributed by atoms with E-state index in [0.717, 1.165) is 41.2 Å². The van der Waals surface area contributed by atoms with Crippen LogP contribution in [0, 0.1) is 13.8 Å². The summed E-state index contributed by atoms with van der Waals surface area (Å²) in [5.41, 5.74) is 4.44. The lowest BCUT2D eigenvalue weighted by Crippen LogP contribution is -2.38. The van der Waals surface area contributed by atoms with Crippen LogP contribution < -0.4 is 0 Å². The molecule has 0 bridgehead atoms. The van der Waals surface area contributed by atoms with Crippen LogP contribution in [0.5, 0.6) is 0 Å². The molecule has 1 saturated heterocycles. The van der Waals surface area contributed by atoms with E-state index in [1.807, 2.05) is 13.8 Å². The van der Waals surface area contributed by atoms with Crippen LogP contribution in [0.2, 0.25) is 0 Å². The molecule has 1 aliphatic rings. The summed E-state index contributed by atoms with van der Waals surface area (Å²) in [4.78, 5) is 9.05. The number of rotatable bonds is 3. The van der Waals surface area contributed by atoms with Crippen LogP contribution in [0.4, 0.5) is 0 Å². The molecular formula is C15H21N5O2S. The average molecular weight is 335 g/mol. The van der Waals surface area contributed by atoms with Gasteiger partial charge in [-0.05, 0) is 26.7 Å². The van der Waals surface area contributed by atoms with E-state index in [-0.39, 0.29) is 5.92 Å². The smallest absolute Gasteiger partial charge is 0.211 e. The molecule has 7 nitrogen and oxygen atoms in total. The van der Waals surface area contributed by atoms with Gasteiger partial charge in [0, 0.05) is 42.7 Å². The van der Waals surface area contributed by atoms with E-state index < -0.39 is 10.0 Å². The Morgan fingerprint density at radius 1 is 1.26 bits per heavy atom. The van der Waals surface area contributed by atoms with Gasteiger partial charge >= 0.3 is 0 Å². The number of nitrogens with zero attached hydrogens (tertiary/aromatic N) is 4. The van der Waals surface area contributed by atoms with Gasteiger partial charge in [-0.2, -0.15) is 5.10 Å². The minimum atomic E-state index is -3.18. The van der Waals surface area contributed by atoms with E-state index in [1.54, 1.807) is 12.4 Å². The molecule has 1 fully saturated rings. The Labute approximate surface area is 136 Å². The summed E-state index contributed by atoms with van der Waals surface area (Å²) in [6, 6.07) is 0. The van der Waals surface area contributed by atoms with Gasteiger partial charge in [0.05, 0.1) is 23.3 Å². The molecule has 3 rings (SSSR count). The lowest BCUT2D eigenvalue weighted by molar-refractivity contribution is 0.314. The minimum absolute atomic E-state index is 0.0517. The summed E-state index contributed by atoms with van der Waals surface area (Å²) in [6.07, 6.45) is 6.34. The molecule has 0 aromatic carbocycles. The molecular weight excluding hydrogens is 314 g/mol. The third-order valence-electron chi connectivity index (χ3n) is 4.33. The Kier molecular flexibility index (Phi) is 4.20. The van der Waals surface area contributed by atoms with E-state index in [2.05, 4.69) is 20.2 Å². The highest BCUT2D eigenvalue weighted by Crippen LogP contribution is 2.34. The van der Waals surface area contributed by atoms with E-state index in [0.29, 0.717) is 13.1 Å². The molecule has 1 N–H and O–H groups in total. The predicted octanol–water partition coefficient (Wildman–Crippen LogP) is 1.62. The highest BCUT2D eigenvalue weighted by atomic mass is 32.2. The van der Waals surface area contributed by atoms with Crippen molar-refractivity contribution in [1.82, 2.24) is 24.5 Å². The maximum atomic E-state index is 11.9. The summed E-state index contributed by atoms with van der Waals surface area (Å²) >= 11 is 0. The second-order valence-corrected chi connectivity index (χ2v) is 8.04. The Morgan fingerprint density at radius 3 is 2.65 bits per heavy atom. The van der Waals surface area contributed by atoms with Gasteiger partial charge in [-0.1, -0.05) is 0 Å². The lowest BCUT2D eigenvalue weighted by Gasteiger charge is -2.31. The molecule has 2 aromatic heterocycles. The maximum Gasteiger partial charge on any atom is 0.211 e. The van der Waals surface area contributed by atoms with Gasteiger partial charge in [0.1, 0.15) is 0 Å². The Bertz CT molecular complexity index is 796. The van der Waals surface area contributed by atoms with Gasteiger partial charge in [-0.15, -0.1) is 0 Å². The van der Waals surface area contributed by atoms with Crippen molar-refractivity contribution in [3.8, 4) is 11.3 Å². The van der Waals surface area contributed by atoms with Crippen molar-refractivity contribution in [1.29, 1.82) is 0 Å². The lowest BCUT2D eigenvalue weighted by atomic mass is 9.92. The number of H-pyrrole nitrogens is 1. The number of aromatic nitrogens is 4. The number of aryl methyl sites for hydroxylation is 2. The fourth-order valence-electron chi connectivity index (χ4n) is 3.21. The van der Waals surface area contributed by atoms with Gasteiger partial charge in [0.2, 0.25) is 10.0 Å². The zero-order valence-corrected chi connectivity index (χ0v) is 14.4. The van der Waals surface area contributed by atoms with Crippen LogP contribution in [-0.4, -0.2) is 52.2 Å². The summed E-state index contributed by atoms with van der Waals surface area (Å²) in [5, 5.41) is 7.21. The highest BCUT2D eigenvalue weighted by molar-refractivity contribution is 7.88. The number of hydrogen-bond acceptors (Lipinski definition) is 5. The van der Waals surface area contributed by atoms with Crippen LogP contribution in [-0.2, 0) is 10.0 Å². The third kappa shape index (κ3) is 3.13. The number of hydrogen-bond donors (Lipinski definition) is 1. The van der Waals surface area contributed by atoms with Crippen molar-refractivity contribution in [3.05, 3.63) is 29.5 Å². The van der Waals surface area contributed by atoms with Gasteiger partial charge < -0.3 is 0 Å². The largest absolute Gasteiger partial charge is 0.282 e. The van der Waals surface area contributed by atoms with Gasteiger partial charge in [-0.3, -0.25) is 15.1 Å². The van der Waals surface area contributed by atoms with Crippen molar-refractivity contribution in [2.45, 2.75) is 32.6 Å². The topological polar surface area (TPSA) is 91.8 Å². The predicted molar refractivity (Wildman–Crippen MR) is 87.5 cm³/mol. The highest BCUT2D eigenvalue weighted by Gasteiger charge is 2.30. The number of nitrogens with one attached hydrogen (secondary N) is 1.